The SMILES string of the molecule is Cc1cc2c(cc1CC(=O)O)nc(Nc1ccc(OC(F)(F)F)cc1)n2[C@H]1C[C@H](C)CC(C)(C)C1. The molecule has 0 radical (unpaired) electrons. The molecular formula is C26H30F3N3O3. The van der Waals surface area contributed by atoms with Crippen LogP contribution in [-0.2, 0) is 11.2 Å². The molecule has 2 aromatic carbocycles. The first-order valence-electron chi connectivity index (χ1n) is 11.7. The lowest BCUT2D eigenvalue weighted by Crippen LogP contribution is -2.29. The van der Waals surface area contributed by atoms with E-state index in [4.69, 9.17) is 4.98 Å². The molecule has 2 N–H and O–H groups in total. The van der Waals surface area contributed by atoms with E-state index in [1.54, 1.807) is 0 Å². The first kappa shape index (κ1) is 24.9. The number of carbonyl (C=O) groups is 1. The van der Waals surface area contributed by atoms with Gasteiger partial charge in [0.25, 0.3) is 0 Å². The van der Waals surface area contributed by atoms with Crippen LogP contribution in [0, 0.1) is 18.3 Å². The van der Waals surface area contributed by atoms with Crippen LogP contribution >= 0.6 is 0 Å². The van der Waals surface area contributed by atoms with E-state index in [9.17, 15) is 23.1 Å². The zero-order valence-electron chi connectivity index (χ0n) is 20.2. The van der Waals surface area contributed by atoms with E-state index < -0.39 is 12.3 Å². The molecule has 3 aromatic rings. The maximum Gasteiger partial charge on any atom is 0.573 e. The average Bonchev–Trinajstić information content (AvgIpc) is 3.03. The Kier molecular flexibility index (Phi) is 6.46. The van der Waals surface area contributed by atoms with Crippen LogP contribution in [-0.4, -0.2) is 27.0 Å². The number of hydrogen-bond donors (Lipinski definition) is 2. The quantitative estimate of drug-likeness (QED) is 0.390. The largest absolute Gasteiger partial charge is 0.573 e. The Labute approximate surface area is 202 Å². The number of alkyl halides is 3. The first-order valence-corrected chi connectivity index (χ1v) is 11.7. The van der Waals surface area contributed by atoms with Crippen molar-refractivity contribution in [2.45, 2.75) is 65.8 Å². The van der Waals surface area contributed by atoms with Crippen LogP contribution in [0.15, 0.2) is 36.4 Å². The molecule has 0 amide bonds. The topological polar surface area (TPSA) is 76.4 Å². The summed E-state index contributed by atoms with van der Waals surface area (Å²) in [6, 6.07) is 9.50. The van der Waals surface area contributed by atoms with Crippen molar-refractivity contribution in [3.63, 3.8) is 0 Å². The lowest BCUT2D eigenvalue weighted by molar-refractivity contribution is -0.274. The maximum atomic E-state index is 12.5. The van der Waals surface area contributed by atoms with E-state index in [-0.39, 0.29) is 23.6 Å². The third-order valence-corrected chi connectivity index (χ3v) is 6.56. The van der Waals surface area contributed by atoms with Crippen molar-refractivity contribution in [2.75, 3.05) is 5.32 Å². The number of aryl methyl sites for hydroxylation is 1. The third kappa shape index (κ3) is 5.89. The summed E-state index contributed by atoms with van der Waals surface area (Å²) in [5, 5.41) is 12.6. The fraction of sp³-hybridized carbons (Fsp3) is 0.462. The average molecular weight is 490 g/mol. The molecule has 35 heavy (non-hydrogen) atoms. The zero-order valence-corrected chi connectivity index (χ0v) is 20.2. The van der Waals surface area contributed by atoms with Gasteiger partial charge >= 0.3 is 12.3 Å². The minimum atomic E-state index is -4.75. The zero-order chi connectivity index (χ0) is 25.5. The molecule has 4 rings (SSSR count). The second kappa shape index (κ2) is 9.09. The van der Waals surface area contributed by atoms with Crippen LogP contribution in [0.4, 0.5) is 24.8 Å². The van der Waals surface area contributed by atoms with Gasteiger partial charge in [0.05, 0.1) is 17.5 Å². The number of hydrogen-bond acceptors (Lipinski definition) is 4. The molecule has 1 aromatic heterocycles. The Bertz CT molecular complexity index is 1230. The highest BCUT2D eigenvalue weighted by atomic mass is 19.4. The predicted molar refractivity (Wildman–Crippen MR) is 128 cm³/mol. The van der Waals surface area contributed by atoms with E-state index in [1.165, 1.54) is 24.3 Å². The number of fused-ring (bicyclic) bond motifs is 1. The van der Waals surface area contributed by atoms with Gasteiger partial charge in [0, 0.05) is 11.7 Å². The van der Waals surface area contributed by atoms with Gasteiger partial charge in [-0.25, -0.2) is 4.98 Å². The summed E-state index contributed by atoms with van der Waals surface area (Å²) in [7, 11) is 0. The highest BCUT2D eigenvalue weighted by Crippen LogP contribution is 2.46. The van der Waals surface area contributed by atoms with Gasteiger partial charge in [-0.15, -0.1) is 13.2 Å². The van der Waals surface area contributed by atoms with Gasteiger partial charge < -0.3 is 19.7 Å². The fourth-order valence-corrected chi connectivity index (χ4v) is 5.46. The summed E-state index contributed by atoms with van der Waals surface area (Å²) >= 11 is 0. The van der Waals surface area contributed by atoms with Crippen molar-refractivity contribution in [3.8, 4) is 5.75 Å². The number of halogens is 3. The normalized spacial score (nSPS) is 20.1. The number of aromatic nitrogens is 2. The summed E-state index contributed by atoms with van der Waals surface area (Å²) in [6.45, 7) is 8.67. The smallest absolute Gasteiger partial charge is 0.481 e. The van der Waals surface area contributed by atoms with Gasteiger partial charge in [0.2, 0.25) is 5.95 Å². The summed E-state index contributed by atoms with van der Waals surface area (Å²) in [5.74, 6) is -0.117. The lowest BCUT2D eigenvalue weighted by Gasteiger charge is -2.40. The monoisotopic (exact) mass is 489 g/mol. The van der Waals surface area contributed by atoms with Crippen molar-refractivity contribution < 1.29 is 27.8 Å². The van der Waals surface area contributed by atoms with Crippen LogP contribution in [0.3, 0.4) is 0 Å². The molecular weight excluding hydrogens is 459 g/mol. The number of anilines is 2. The second-order valence-electron chi connectivity index (χ2n) is 10.4. The molecule has 0 bridgehead atoms. The first-order chi connectivity index (χ1) is 16.3. The molecule has 9 heteroatoms. The second-order valence-corrected chi connectivity index (χ2v) is 10.4. The minimum Gasteiger partial charge on any atom is -0.481 e. The number of rotatable bonds is 6. The van der Waals surface area contributed by atoms with E-state index in [2.05, 4.69) is 35.4 Å². The van der Waals surface area contributed by atoms with Crippen LogP contribution in [0.25, 0.3) is 11.0 Å². The molecule has 0 spiro atoms. The molecule has 6 nitrogen and oxygen atoms in total. The number of ether oxygens (including phenoxy) is 1. The number of carboxylic acid groups (broad SMARTS) is 1. The van der Waals surface area contributed by atoms with Gasteiger partial charge in [0.1, 0.15) is 5.75 Å². The molecule has 1 heterocycles. The molecule has 2 atom stereocenters. The predicted octanol–water partition coefficient (Wildman–Crippen LogP) is 7.00. The van der Waals surface area contributed by atoms with Gasteiger partial charge in [-0.05, 0) is 85.0 Å². The Morgan fingerprint density at radius 2 is 1.91 bits per heavy atom. The number of nitrogens with zero attached hydrogens (tertiary/aromatic N) is 2. The van der Waals surface area contributed by atoms with Crippen molar-refractivity contribution in [3.05, 3.63) is 47.5 Å². The van der Waals surface area contributed by atoms with Crippen molar-refractivity contribution in [1.29, 1.82) is 0 Å². The Balaban J connectivity index is 1.76. The van der Waals surface area contributed by atoms with Crippen LogP contribution in [0.1, 0.15) is 57.2 Å². The molecule has 1 saturated carbocycles. The fourth-order valence-electron chi connectivity index (χ4n) is 5.46. The summed E-state index contributed by atoms with van der Waals surface area (Å²) in [6.07, 6.45) is -1.80. The lowest BCUT2D eigenvalue weighted by atomic mass is 9.70. The van der Waals surface area contributed by atoms with E-state index >= 15 is 0 Å². The molecule has 188 valence electrons. The summed E-state index contributed by atoms with van der Waals surface area (Å²) < 4.78 is 43.7. The Morgan fingerprint density at radius 1 is 1.23 bits per heavy atom. The molecule has 1 aliphatic carbocycles. The van der Waals surface area contributed by atoms with Gasteiger partial charge in [0.15, 0.2) is 0 Å². The van der Waals surface area contributed by atoms with Crippen molar-refractivity contribution >= 4 is 28.6 Å². The molecule has 1 fully saturated rings. The molecule has 1 aliphatic rings. The van der Waals surface area contributed by atoms with Gasteiger partial charge in [-0.3, -0.25) is 4.79 Å². The van der Waals surface area contributed by atoms with Crippen LogP contribution < -0.4 is 10.1 Å². The van der Waals surface area contributed by atoms with E-state index in [0.717, 1.165) is 30.3 Å². The molecule has 0 saturated heterocycles. The number of nitrogens with one attached hydrogen (secondary N) is 1. The van der Waals surface area contributed by atoms with Crippen LogP contribution in [0.2, 0.25) is 0 Å². The summed E-state index contributed by atoms with van der Waals surface area (Å²) in [4.78, 5) is 16.1. The summed E-state index contributed by atoms with van der Waals surface area (Å²) in [5.41, 5.74) is 3.89. The Hall–Kier alpha value is -3.23. The highest BCUT2D eigenvalue weighted by Gasteiger charge is 2.35. The number of benzene rings is 2. The van der Waals surface area contributed by atoms with Gasteiger partial charge in [-0.1, -0.05) is 20.8 Å². The van der Waals surface area contributed by atoms with Crippen molar-refractivity contribution in [2.24, 2.45) is 11.3 Å². The van der Waals surface area contributed by atoms with E-state index in [0.29, 0.717) is 28.6 Å². The van der Waals surface area contributed by atoms with Crippen molar-refractivity contribution in [1.82, 2.24) is 9.55 Å². The number of carboxylic acids is 1. The van der Waals surface area contributed by atoms with E-state index in [1.807, 2.05) is 19.1 Å². The number of aliphatic carboxylic acids is 1. The maximum absolute atomic E-state index is 12.5. The standard InChI is InChI=1S/C26H30F3N3O3/c1-15-9-19(14-25(3,4)13-15)32-22-10-16(2)17(12-23(33)34)11-21(22)31-24(32)30-18-5-7-20(8-6-18)35-26(27,28)29/h5-8,10-11,15,19H,9,12-14H2,1-4H3,(H,30,31)(H,33,34)/t15-,19-/m0/s1. The highest BCUT2D eigenvalue weighted by molar-refractivity contribution is 5.83. The molecule has 0 unspecified atom stereocenters. The minimum absolute atomic E-state index is 0.0917. The van der Waals surface area contributed by atoms with Crippen LogP contribution in [0.5, 0.6) is 5.75 Å². The van der Waals surface area contributed by atoms with Gasteiger partial charge in [-0.2, -0.15) is 0 Å². The Morgan fingerprint density at radius 3 is 2.51 bits per heavy atom. The third-order valence-electron chi connectivity index (χ3n) is 6.56. The number of imidazole rings is 1. The molecule has 0 aliphatic heterocycles.